The van der Waals surface area contributed by atoms with E-state index < -0.39 is 0 Å². The van der Waals surface area contributed by atoms with Crippen molar-refractivity contribution in [3.63, 3.8) is 0 Å². The van der Waals surface area contributed by atoms with Gasteiger partial charge in [0.25, 0.3) is 0 Å². The molecule has 0 N–H and O–H groups in total. The Kier molecular flexibility index (Phi) is 3.46. The Bertz CT molecular complexity index is 170. The quantitative estimate of drug-likeness (QED) is 0.520. The van der Waals surface area contributed by atoms with E-state index >= 15 is 0 Å². The van der Waals surface area contributed by atoms with Crippen LogP contribution < -0.4 is 0 Å². The number of hydrogen-bond acceptors (Lipinski definition) is 0. The van der Waals surface area contributed by atoms with Crippen LogP contribution in [-0.2, 0) is 0 Å². The van der Waals surface area contributed by atoms with Gasteiger partial charge in [0, 0.05) is 0 Å². The fraction of sp³-hybridized carbons (Fsp3) is 0.846. The Morgan fingerprint density at radius 2 is 1.54 bits per heavy atom. The van der Waals surface area contributed by atoms with E-state index in [4.69, 9.17) is 0 Å². The highest BCUT2D eigenvalue weighted by Crippen LogP contribution is 2.33. The SMILES string of the molecule is C1=C(C2CCCCCCC2)CCC1. The van der Waals surface area contributed by atoms with Crippen LogP contribution in [0.3, 0.4) is 0 Å². The van der Waals surface area contributed by atoms with Gasteiger partial charge in [-0.15, -0.1) is 0 Å². The van der Waals surface area contributed by atoms with Gasteiger partial charge in [0.05, 0.1) is 0 Å². The van der Waals surface area contributed by atoms with E-state index in [-0.39, 0.29) is 0 Å². The van der Waals surface area contributed by atoms with E-state index in [2.05, 4.69) is 6.08 Å². The Labute approximate surface area is 82.4 Å². The first kappa shape index (κ1) is 9.30. The highest BCUT2D eigenvalue weighted by Gasteiger charge is 2.17. The van der Waals surface area contributed by atoms with Crippen LogP contribution in [0.5, 0.6) is 0 Å². The van der Waals surface area contributed by atoms with E-state index in [9.17, 15) is 0 Å². The summed E-state index contributed by atoms with van der Waals surface area (Å²) in [7, 11) is 0. The molecule has 0 aromatic heterocycles. The minimum Gasteiger partial charge on any atom is -0.0850 e. The maximum Gasteiger partial charge on any atom is -0.0203 e. The van der Waals surface area contributed by atoms with Crippen LogP contribution in [0.15, 0.2) is 11.6 Å². The molecule has 2 rings (SSSR count). The molecular formula is C13H22. The maximum absolute atomic E-state index is 2.53. The van der Waals surface area contributed by atoms with Crippen molar-refractivity contribution < 1.29 is 0 Å². The molecule has 0 atom stereocenters. The van der Waals surface area contributed by atoms with E-state index in [1.807, 2.05) is 5.57 Å². The molecule has 0 spiro atoms. The fourth-order valence-corrected chi connectivity index (χ4v) is 2.89. The third kappa shape index (κ3) is 2.59. The van der Waals surface area contributed by atoms with Gasteiger partial charge in [-0.1, -0.05) is 43.8 Å². The van der Waals surface area contributed by atoms with Crippen LogP contribution in [0.1, 0.15) is 64.2 Å². The van der Waals surface area contributed by atoms with Gasteiger partial charge in [-0.3, -0.25) is 0 Å². The zero-order valence-electron chi connectivity index (χ0n) is 8.73. The largest absolute Gasteiger partial charge is 0.0850 e. The molecule has 13 heavy (non-hydrogen) atoms. The van der Waals surface area contributed by atoms with E-state index in [0.717, 1.165) is 5.92 Å². The lowest BCUT2D eigenvalue weighted by molar-refractivity contribution is 0.415. The van der Waals surface area contributed by atoms with E-state index in [1.165, 1.54) is 64.2 Å². The lowest BCUT2D eigenvalue weighted by atomic mass is 9.85. The van der Waals surface area contributed by atoms with Crippen molar-refractivity contribution >= 4 is 0 Å². The molecule has 0 bridgehead atoms. The first-order chi connectivity index (χ1) is 6.47. The summed E-state index contributed by atoms with van der Waals surface area (Å²) in [5.74, 6) is 0.989. The van der Waals surface area contributed by atoms with Crippen LogP contribution in [0.25, 0.3) is 0 Å². The van der Waals surface area contributed by atoms with Gasteiger partial charge in [-0.25, -0.2) is 0 Å². The normalized spacial score (nSPS) is 26.6. The van der Waals surface area contributed by atoms with Gasteiger partial charge in [-0.2, -0.15) is 0 Å². The van der Waals surface area contributed by atoms with Crippen molar-refractivity contribution in [2.75, 3.05) is 0 Å². The third-order valence-electron chi connectivity index (χ3n) is 3.71. The molecule has 0 radical (unpaired) electrons. The van der Waals surface area contributed by atoms with Crippen LogP contribution >= 0.6 is 0 Å². The first-order valence-corrected chi connectivity index (χ1v) is 6.16. The standard InChI is InChI=1S/C13H22/c1-2-4-8-12(9-5-3-1)13-10-6-7-11-13/h10,12H,1-9,11H2. The van der Waals surface area contributed by atoms with Crippen LogP contribution in [0.4, 0.5) is 0 Å². The average molecular weight is 178 g/mol. The van der Waals surface area contributed by atoms with E-state index in [0.29, 0.717) is 0 Å². The summed E-state index contributed by atoms with van der Waals surface area (Å²) < 4.78 is 0. The van der Waals surface area contributed by atoms with Gasteiger partial charge < -0.3 is 0 Å². The highest BCUT2D eigenvalue weighted by molar-refractivity contribution is 5.11. The third-order valence-corrected chi connectivity index (χ3v) is 3.71. The second-order valence-corrected chi connectivity index (χ2v) is 4.71. The Morgan fingerprint density at radius 1 is 0.846 bits per heavy atom. The van der Waals surface area contributed by atoms with E-state index in [1.54, 1.807) is 0 Å². The van der Waals surface area contributed by atoms with Crippen molar-refractivity contribution in [2.24, 2.45) is 5.92 Å². The second kappa shape index (κ2) is 4.83. The Hall–Kier alpha value is -0.260. The van der Waals surface area contributed by atoms with Crippen LogP contribution in [-0.4, -0.2) is 0 Å². The smallest absolute Gasteiger partial charge is 0.0203 e. The van der Waals surface area contributed by atoms with Crippen LogP contribution in [0.2, 0.25) is 0 Å². The molecule has 0 heteroatoms. The summed E-state index contributed by atoms with van der Waals surface area (Å²) in [6, 6.07) is 0. The summed E-state index contributed by atoms with van der Waals surface area (Å²) >= 11 is 0. The highest BCUT2D eigenvalue weighted by atomic mass is 14.2. The fourth-order valence-electron chi connectivity index (χ4n) is 2.89. The molecule has 1 fully saturated rings. The zero-order valence-corrected chi connectivity index (χ0v) is 8.73. The summed E-state index contributed by atoms with van der Waals surface area (Å²) in [5, 5.41) is 0. The lowest BCUT2D eigenvalue weighted by Gasteiger charge is -2.20. The molecule has 74 valence electrons. The molecule has 0 saturated heterocycles. The molecule has 0 nitrogen and oxygen atoms in total. The number of rotatable bonds is 1. The molecule has 0 aromatic carbocycles. The van der Waals surface area contributed by atoms with Gasteiger partial charge in [0.1, 0.15) is 0 Å². The summed E-state index contributed by atoms with van der Waals surface area (Å²) in [6.07, 6.45) is 17.2. The van der Waals surface area contributed by atoms with Crippen molar-refractivity contribution in [2.45, 2.75) is 64.2 Å². The maximum atomic E-state index is 2.53. The second-order valence-electron chi connectivity index (χ2n) is 4.71. The van der Waals surface area contributed by atoms with Gasteiger partial charge in [0.15, 0.2) is 0 Å². The minimum absolute atomic E-state index is 0.989. The molecule has 0 unspecified atom stereocenters. The number of allylic oxidation sites excluding steroid dienone is 2. The zero-order chi connectivity index (χ0) is 8.93. The molecule has 0 aliphatic heterocycles. The van der Waals surface area contributed by atoms with Gasteiger partial charge in [-0.05, 0) is 38.0 Å². The average Bonchev–Trinajstić information content (AvgIpc) is 2.55. The molecular weight excluding hydrogens is 156 g/mol. The Morgan fingerprint density at radius 3 is 2.15 bits per heavy atom. The molecule has 0 aromatic rings. The van der Waals surface area contributed by atoms with Gasteiger partial charge >= 0.3 is 0 Å². The van der Waals surface area contributed by atoms with Crippen molar-refractivity contribution in [1.82, 2.24) is 0 Å². The molecule has 0 amide bonds. The summed E-state index contributed by atoms with van der Waals surface area (Å²) in [4.78, 5) is 0. The summed E-state index contributed by atoms with van der Waals surface area (Å²) in [5.41, 5.74) is 1.82. The van der Waals surface area contributed by atoms with Crippen molar-refractivity contribution in [3.05, 3.63) is 11.6 Å². The van der Waals surface area contributed by atoms with Crippen molar-refractivity contribution in [1.29, 1.82) is 0 Å². The van der Waals surface area contributed by atoms with Crippen molar-refractivity contribution in [3.8, 4) is 0 Å². The number of hydrogen-bond donors (Lipinski definition) is 0. The first-order valence-electron chi connectivity index (χ1n) is 6.16. The molecule has 2 aliphatic rings. The minimum atomic E-state index is 0.989. The van der Waals surface area contributed by atoms with Gasteiger partial charge in [0.2, 0.25) is 0 Å². The predicted molar refractivity (Wildman–Crippen MR) is 57.7 cm³/mol. The summed E-state index contributed by atoms with van der Waals surface area (Å²) in [6.45, 7) is 0. The predicted octanol–water partition coefficient (Wildman–Crippen LogP) is 4.46. The molecule has 2 aliphatic carbocycles. The molecule has 1 saturated carbocycles. The lowest BCUT2D eigenvalue weighted by Crippen LogP contribution is -2.05. The van der Waals surface area contributed by atoms with Crippen LogP contribution in [0, 0.1) is 5.92 Å². The monoisotopic (exact) mass is 178 g/mol. The molecule has 0 heterocycles. The topological polar surface area (TPSA) is 0 Å². The Balaban J connectivity index is 1.87.